The molecule has 0 radical (unpaired) electrons. The highest BCUT2D eigenvalue weighted by Crippen LogP contribution is 2.39. The summed E-state index contributed by atoms with van der Waals surface area (Å²) in [5.41, 5.74) is 3.18. The molecule has 2 heterocycles. The van der Waals surface area contributed by atoms with Crippen molar-refractivity contribution in [3.05, 3.63) is 65.7 Å². The van der Waals surface area contributed by atoms with Crippen molar-refractivity contribution in [3.8, 4) is 5.75 Å². The smallest absolute Gasteiger partial charge is 0.119 e. The molecule has 2 aromatic carbocycles. The zero-order valence-electron chi connectivity index (χ0n) is 14.9. The average molecular weight is 336 g/mol. The molecule has 1 N–H and O–H groups in total. The Bertz CT molecular complexity index is 662. The number of hydrogen-bond donors (Lipinski definition) is 1. The van der Waals surface area contributed by atoms with Gasteiger partial charge in [-0.25, -0.2) is 0 Å². The van der Waals surface area contributed by atoms with E-state index in [1.807, 2.05) is 18.2 Å². The summed E-state index contributed by atoms with van der Waals surface area (Å²) in [5, 5.41) is 3.50. The van der Waals surface area contributed by atoms with Crippen LogP contribution in [0.15, 0.2) is 54.6 Å². The lowest BCUT2D eigenvalue weighted by molar-refractivity contribution is 0.194. The van der Waals surface area contributed by atoms with Crippen LogP contribution in [0.1, 0.15) is 30.4 Å². The highest BCUT2D eigenvalue weighted by atomic mass is 16.5. The zero-order chi connectivity index (χ0) is 17.0. The molecule has 25 heavy (non-hydrogen) atoms. The van der Waals surface area contributed by atoms with Gasteiger partial charge in [0.05, 0.1) is 0 Å². The van der Waals surface area contributed by atoms with Gasteiger partial charge in [-0.3, -0.25) is 4.90 Å². The minimum atomic E-state index is 0.587. The summed E-state index contributed by atoms with van der Waals surface area (Å²) in [6, 6.07) is 19.0. The Morgan fingerprint density at radius 3 is 2.40 bits per heavy atom. The van der Waals surface area contributed by atoms with Gasteiger partial charge in [-0.15, -0.1) is 0 Å². The number of likely N-dealkylation sites (tertiary alicyclic amines) is 1. The summed E-state index contributed by atoms with van der Waals surface area (Å²) < 4.78 is 5.89. The van der Waals surface area contributed by atoms with Crippen molar-refractivity contribution in [2.24, 2.45) is 5.41 Å². The Balaban J connectivity index is 1.29. The van der Waals surface area contributed by atoms with E-state index in [-0.39, 0.29) is 0 Å². The molecule has 2 saturated heterocycles. The lowest BCUT2D eigenvalue weighted by Gasteiger charge is -2.33. The monoisotopic (exact) mass is 336 g/mol. The lowest BCUT2D eigenvalue weighted by atomic mass is 9.78. The maximum absolute atomic E-state index is 5.89. The molecule has 2 aromatic rings. The van der Waals surface area contributed by atoms with E-state index >= 15 is 0 Å². The summed E-state index contributed by atoms with van der Waals surface area (Å²) in [6.45, 7) is 6.59. The van der Waals surface area contributed by atoms with Gasteiger partial charge in [-0.05, 0) is 67.6 Å². The third-order valence-corrected chi connectivity index (χ3v) is 5.76. The third-order valence-electron chi connectivity index (χ3n) is 5.76. The summed E-state index contributed by atoms with van der Waals surface area (Å²) in [4.78, 5) is 2.63. The van der Waals surface area contributed by atoms with Crippen LogP contribution >= 0.6 is 0 Å². The molecular formula is C22H28N2O. The van der Waals surface area contributed by atoms with Gasteiger partial charge in [0.1, 0.15) is 12.4 Å². The first-order valence-corrected chi connectivity index (χ1v) is 9.50. The topological polar surface area (TPSA) is 24.5 Å². The Morgan fingerprint density at radius 1 is 0.880 bits per heavy atom. The molecule has 0 amide bonds. The highest BCUT2D eigenvalue weighted by Gasteiger charge is 2.38. The number of ether oxygens (including phenoxy) is 1. The predicted molar refractivity (Wildman–Crippen MR) is 102 cm³/mol. The normalized spacial score (nSPS) is 20.0. The van der Waals surface area contributed by atoms with E-state index in [0.717, 1.165) is 12.3 Å². The summed E-state index contributed by atoms with van der Waals surface area (Å²) in [7, 11) is 0. The summed E-state index contributed by atoms with van der Waals surface area (Å²) >= 11 is 0. The molecule has 4 rings (SSSR count). The number of piperidine rings is 1. The van der Waals surface area contributed by atoms with E-state index in [0.29, 0.717) is 12.0 Å². The largest absolute Gasteiger partial charge is 0.489 e. The Kier molecular flexibility index (Phi) is 5.04. The van der Waals surface area contributed by atoms with Crippen molar-refractivity contribution in [2.75, 3.05) is 26.2 Å². The van der Waals surface area contributed by atoms with Crippen molar-refractivity contribution < 1.29 is 4.74 Å². The molecule has 2 aliphatic rings. The lowest BCUT2D eigenvalue weighted by Crippen LogP contribution is -2.38. The number of nitrogens with zero attached hydrogens (tertiary/aromatic N) is 1. The number of benzene rings is 2. The van der Waals surface area contributed by atoms with E-state index in [9.17, 15) is 0 Å². The van der Waals surface area contributed by atoms with Crippen LogP contribution in [0.25, 0.3) is 0 Å². The molecule has 0 aliphatic carbocycles. The van der Waals surface area contributed by atoms with Crippen LogP contribution in [0.4, 0.5) is 0 Å². The molecule has 0 atom stereocenters. The van der Waals surface area contributed by atoms with Gasteiger partial charge in [0.2, 0.25) is 0 Å². The van der Waals surface area contributed by atoms with Crippen LogP contribution in [0.2, 0.25) is 0 Å². The number of rotatable bonds is 5. The second kappa shape index (κ2) is 7.59. The molecule has 3 heteroatoms. The van der Waals surface area contributed by atoms with Crippen LogP contribution in [0.3, 0.4) is 0 Å². The fourth-order valence-corrected chi connectivity index (χ4v) is 4.22. The minimum absolute atomic E-state index is 0.587. The molecular weight excluding hydrogens is 308 g/mol. The maximum Gasteiger partial charge on any atom is 0.119 e. The Labute approximate surface area is 151 Å². The summed E-state index contributed by atoms with van der Waals surface area (Å²) in [6.07, 6.45) is 4.05. The molecule has 0 bridgehead atoms. The fourth-order valence-electron chi connectivity index (χ4n) is 4.22. The van der Waals surface area contributed by atoms with E-state index in [2.05, 4.69) is 46.6 Å². The standard InChI is InChI=1S/C22H28N2O/c1-2-4-20(5-3-1)17-25-21-8-6-19(7-9-21)16-24-15-12-22(18-24)10-13-23-14-11-22/h1-9,23H,10-18H2. The SMILES string of the molecule is c1ccc(COc2ccc(CN3CCC4(CCNCC4)C3)cc2)cc1. The molecule has 3 nitrogen and oxygen atoms in total. The maximum atomic E-state index is 5.89. The van der Waals surface area contributed by atoms with Crippen LogP contribution in [-0.4, -0.2) is 31.1 Å². The first-order valence-electron chi connectivity index (χ1n) is 9.50. The predicted octanol–water partition coefficient (Wildman–Crippen LogP) is 3.84. The zero-order valence-corrected chi connectivity index (χ0v) is 14.9. The van der Waals surface area contributed by atoms with E-state index < -0.39 is 0 Å². The van der Waals surface area contributed by atoms with Gasteiger partial charge in [0.15, 0.2) is 0 Å². The van der Waals surface area contributed by atoms with Crippen LogP contribution in [0, 0.1) is 5.41 Å². The number of hydrogen-bond acceptors (Lipinski definition) is 3. The van der Waals surface area contributed by atoms with E-state index in [4.69, 9.17) is 4.74 Å². The third kappa shape index (κ3) is 4.23. The van der Waals surface area contributed by atoms with Crippen molar-refractivity contribution in [2.45, 2.75) is 32.4 Å². The first kappa shape index (κ1) is 16.6. The van der Waals surface area contributed by atoms with Gasteiger partial charge in [-0.1, -0.05) is 42.5 Å². The van der Waals surface area contributed by atoms with Gasteiger partial charge >= 0.3 is 0 Å². The van der Waals surface area contributed by atoms with Gasteiger partial charge in [0.25, 0.3) is 0 Å². The molecule has 0 saturated carbocycles. The second-order valence-electron chi connectivity index (χ2n) is 7.63. The molecule has 0 aromatic heterocycles. The average Bonchev–Trinajstić information content (AvgIpc) is 3.04. The fraction of sp³-hybridized carbons (Fsp3) is 0.455. The minimum Gasteiger partial charge on any atom is -0.489 e. The van der Waals surface area contributed by atoms with Crippen molar-refractivity contribution in [3.63, 3.8) is 0 Å². The quantitative estimate of drug-likeness (QED) is 0.898. The number of nitrogens with one attached hydrogen (secondary N) is 1. The molecule has 2 fully saturated rings. The van der Waals surface area contributed by atoms with Gasteiger partial charge in [-0.2, -0.15) is 0 Å². The van der Waals surface area contributed by atoms with Crippen LogP contribution in [0.5, 0.6) is 5.75 Å². The molecule has 2 aliphatic heterocycles. The second-order valence-corrected chi connectivity index (χ2v) is 7.63. The summed E-state index contributed by atoms with van der Waals surface area (Å²) in [5.74, 6) is 0.948. The Morgan fingerprint density at radius 2 is 1.64 bits per heavy atom. The van der Waals surface area contributed by atoms with E-state index in [1.165, 1.54) is 56.6 Å². The molecule has 1 spiro atoms. The van der Waals surface area contributed by atoms with Crippen molar-refractivity contribution >= 4 is 0 Å². The van der Waals surface area contributed by atoms with E-state index in [1.54, 1.807) is 0 Å². The Hall–Kier alpha value is -1.84. The van der Waals surface area contributed by atoms with Crippen LogP contribution in [-0.2, 0) is 13.2 Å². The van der Waals surface area contributed by atoms with Gasteiger partial charge < -0.3 is 10.1 Å². The van der Waals surface area contributed by atoms with Gasteiger partial charge in [0, 0.05) is 13.1 Å². The van der Waals surface area contributed by atoms with Crippen molar-refractivity contribution in [1.82, 2.24) is 10.2 Å². The molecule has 0 unspecified atom stereocenters. The first-order chi connectivity index (χ1) is 12.3. The van der Waals surface area contributed by atoms with Crippen LogP contribution < -0.4 is 10.1 Å². The highest BCUT2D eigenvalue weighted by molar-refractivity contribution is 5.28. The molecule has 132 valence electrons. The van der Waals surface area contributed by atoms with Crippen molar-refractivity contribution in [1.29, 1.82) is 0 Å².